The molecule has 1 fully saturated rings. The van der Waals surface area contributed by atoms with Gasteiger partial charge < -0.3 is 15.5 Å². The van der Waals surface area contributed by atoms with Crippen molar-refractivity contribution in [1.82, 2.24) is 15.2 Å². The Kier molecular flexibility index (Phi) is 2.68. The number of nitrogens with one attached hydrogen (secondary N) is 2. The number of hydrogen-bond acceptors (Lipinski definition) is 3. The maximum Gasteiger partial charge on any atom is 0.322 e. The van der Waals surface area contributed by atoms with E-state index in [9.17, 15) is 4.79 Å². The van der Waals surface area contributed by atoms with E-state index in [4.69, 9.17) is 0 Å². The topological polar surface area (TPSA) is 57.3 Å². The van der Waals surface area contributed by atoms with E-state index in [-0.39, 0.29) is 6.03 Å². The molecule has 0 aromatic carbocycles. The van der Waals surface area contributed by atoms with E-state index >= 15 is 0 Å². The maximum atomic E-state index is 12.0. The van der Waals surface area contributed by atoms with Crippen molar-refractivity contribution in [3.63, 3.8) is 0 Å². The fraction of sp³-hybridized carbons (Fsp3) is 0.500. The quantitative estimate of drug-likeness (QED) is 0.764. The second-order valence-corrected chi connectivity index (χ2v) is 4.57. The van der Waals surface area contributed by atoms with Crippen LogP contribution in [0.2, 0.25) is 0 Å². The van der Waals surface area contributed by atoms with Gasteiger partial charge in [0.2, 0.25) is 0 Å². The smallest absolute Gasteiger partial charge is 0.317 e. The average molecular weight is 232 g/mol. The summed E-state index contributed by atoms with van der Waals surface area (Å²) in [6.45, 7) is 2.70. The van der Waals surface area contributed by atoms with Gasteiger partial charge in [-0.2, -0.15) is 0 Å². The second-order valence-electron chi connectivity index (χ2n) is 4.57. The molecule has 2 amide bonds. The number of hydrogen-bond donors (Lipinski definition) is 2. The first-order valence-electron chi connectivity index (χ1n) is 6.06. The lowest BCUT2D eigenvalue weighted by Gasteiger charge is -2.37. The Bertz CT molecular complexity index is 428. The number of piperidine rings is 1. The van der Waals surface area contributed by atoms with Crippen LogP contribution in [0.25, 0.3) is 0 Å². The molecule has 3 heterocycles. The van der Waals surface area contributed by atoms with Gasteiger partial charge in [0.05, 0.1) is 11.9 Å². The Morgan fingerprint density at radius 3 is 3.00 bits per heavy atom. The van der Waals surface area contributed by atoms with Gasteiger partial charge in [-0.25, -0.2) is 4.79 Å². The number of fused-ring (bicyclic) bond motifs is 1. The molecule has 90 valence electrons. The van der Waals surface area contributed by atoms with Crippen LogP contribution in [-0.4, -0.2) is 35.0 Å². The molecule has 0 atom stereocenters. The zero-order chi connectivity index (χ0) is 11.7. The Hall–Kier alpha value is -1.62. The molecule has 5 nitrogen and oxygen atoms in total. The zero-order valence-corrected chi connectivity index (χ0v) is 9.65. The van der Waals surface area contributed by atoms with Crippen molar-refractivity contribution in [2.45, 2.75) is 25.4 Å². The number of nitrogens with zero attached hydrogens (tertiary/aromatic N) is 2. The van der Waals surface area contributed by atoms with Gasteiger partial charge in [-0.3, -0.25) is 4.98 Å². The highest BCUT2D eigenvalue weighted by molar-refractivity contribution is 5.92. The Balaban J connectivity index is 1.81. The van der Waals surface area contributed by atoms with Crippen LogP contribution in [0.5, 0.6) is 0 Å². The molecule has 2 aliphatic rings. The van der Waals surface area contributed by atoms with E-state index in [2.05, 4.69) is 15.6 Å². The number of carbonyl (C=O) groups is 1. The van der Waals surface area contributed by atoms with E-state index in [1.54, 1.807) is 12.4 Å². The van der Waals surface area contributed by atoms with Crippen molar-refractivity contribution >= 4 is 11.7 Å². The lowest BCUT2D eigenvalue weighted by atomic mass is 10.0. The molecule has 1 aromatic heterocycles. The van der Waals surface area contributed by atoms with Gasteiger partial charge in [-0.15, -0.1) is 0 Å². The molecule has 1 aromatic rings. The summed E-state index contributed by atoms with van der Waals surface area (Å²) in [7, 11) is 0. The van der Waals surface area contributed by atoms with Crippen molar-refractivity contribution in [2.24, 2.45) is 0 Å². The third-order valence-corrected chi connectivity index (χ3v) is 3.50. The van der Waals surface area contributed by atoms with Crippen LogP contribution in [0.4, 0.5) is 10.5 Å². The van der Waals surface area contributed by atoms with Gasteiger partial charge in [-0.05, 0) is 37.6 Å². The highest BCUT2D eigenvalue weighted by Gasteiger charge is 2.29. The van der Waals surface area contributed by atoms with Crippen LogP contribution >= 0.6 is 0 Å². The fourth-order valence-electron chi connectivity index (χ4n) is 2.53. The predicted octanol–water partition coefficient (Wildman–Crippen LogP) is 1.18. The van der Waals surface area contributed by atoms with E-state index < -0.39 is 0 Å². The fourth-order valence-corrected chi connectivity index (χ4v) is 2.53. The molecule has 2 N–H and O–H groups in total. The van der Waals surface area contributed by atoms with Crippen molar-refractivity contribution in [3.05, 3.63) is 24.0 Å². The third kappa shape index (κ3) is 1.98. The normalized spacial score (nSPS) is 20.9. The van der Waals surface area contributed by atoms with Crippen molar-refractivity contribution in [1.29, 1.82) is 0 Å². The highest BCUT2D eigenvalue weighted by atomic mass is 16.2. The highest BCUT2D eigenvalue weighted by Crippen LogP contribution is 2.25. The summed E-state index contributed by atoms with van der Waals surface area (Å²) < 4.78 is 0. The summed E-state index contributed by atoms with van der Waals surface area (Å²) >= 11 is 0. The number of carbonyl (C=O) groups excluding carboxylic acids is 1. The Morgan fingerprint density at radius 2 is 2.18 bits per heavy atom. The molecule has 0 saturated carbocycles. The maximum absolute atomic E-state index is 12.0. The Labute approximate surface area is 100 Å². The molecule has 1 saturated heterocycles. The molecule has 5 heteroatoms. The molecular formula is C12H16N4O. The van der Waals surface area contributed by atoms with Crippen LogP contribution in [0.3, 0.4) is 0 Å². The lowest BCUT2D eigenvalue weighted by Crippen LogP contribution is -2.49. The lowest BCUT2D eigenvalue weighted by molar-refractivity contribution is 0.163. The molecule has 2 aliphatic heterocycles. The summed E-state index contributed by atoms with van der Waals surface area (Å²) in [6, 6.07) is 2.35. The number of aromatic nitrogens is 1. The molecule has 0 unspecified atom stereocenters. The van der Waals surface area contributed by atoms with E-state index in [0.717, 1.165) is 37.2 Å². The number of rotatable bonds is 1. The van der Waals surface area contributed by atoms with Crippen molar-refractivity contribution in [3.8, 4) is 0 Å². The van der Waals surface area contributed by atoms with E-state index in [1.807, 2.05) is 11.0 Å². The zero-order valence-electron chi connectivity index (χ0n) is 9.65. The van der Waals surface area contributed by atoms with Gasteiger partial charge in [0.25, 0.3) is 0 Å². The summed E-state index contributed by atoms with van der Waals surface area (Å²) in [5, 5.41) is 6.23. The molecule has 17 heavy (non-hydrogen) atoms. The standard InChI is InChI=1S/C12H16N4O/c17-12-15-11-7-14-4-1-9(11)8-16(12)10-2-5-13-6-3-10/h1,4,7,10,13H,2-3,5-6,8H2,(H,15,17). The van der Waals surface area contributed by atoms with Gasteiger partial charge >= 0.3 is 6.03 Å². The summed E-state index contributed by atoms with van der Waals surface area (Å²) in [4.78, 5) is 18.0. The van der Waals surface area contributed by atoms with E-state index in [0.29, 0.717) is 12.6 Å². The summed E-state index contributed by atoms with van der Waals surface area (Å²) in [5.74, 6) is 0. The van der Waals surface area contributed by atoms with Crippen LogP contribution in [0.1, 0.15) is 18.4 Å². The van der Waals surface area contributed by atoms with Crippen molar-refractivity contribution in [2.75, 3.05) is 18.4 Å². The minimum atomic E-state index is 0.0115. The van der Waals surface area contributed by atoms with Gasteiger partial charge in [0.15, 0.2) is 0 Å². The van der Waals surface area contributed by atoms with Gasteiger partial charge in [0, 0.05) is 18.8 Å². The third-order valence-electron chi connectivity index (χ3n) is 3.50. The van der Waals surface area contributed by atoms with Crippen LogP contribution < -0.4 is 10.6 Å². The average Bonchev–Trinajstić information content (AvgIpc) is 2.39. The summed E-state index contributed by atoms with van der Waals surface area (Å²) in [5.41, 5.74) is 2.00. The first kappa shape index (κ1) is 10.5. The minimum absolute atomic E-state index is 0.0115. The predicted molar refractivity (Wildman–Crippen MR) is 64.7 cm³/mol. The first-order valence-corrected chi connectivity index (χ1v) is 6.06. The largest absolute Gasteiger partial charge is 0.322 e. The molecule has 0 spiro atoms. The molecule has 0 aliphatic carbocycles. The number of amides is 2. The Morgan fingerprint density at radius 1 is 1.35 bits per heavy atom. The minimum Gasteiger partial charge on any atom is -0.317 e. The number of pyridine rings is 1. The summed E-state index contributed by atoms with van der Waals surface area (Å²) in [6.07, 6.45) is 5.56. The molecule has 0 bridgehead atoms. The molecule has 0 radical (unpaired) electrons. The van der Waals surface area contributed by atoms with Crippen molar-refractivity contribution < 1.29 is 4.79 Å². The van der Waals surface area contributed by atoms with Gasteiger partial charge in [0.1, 0.15) is 0 Å². The van der Waals surface area contributed by atoms with Gasteiger partial charge in [-0.1, -0.05) is 0 Å². The molecular weight excluding hydrogens is 216 g/mol. The SMILES string of the molecule is O=C1Nc2cnccc2CN1C1CCNCC1. The second kappa shape index (κ2) is 4.33. The van der Waals surface area contributed by atoms with Crippen LogP contribution in [-0.2, 0) is 6.54 Å². The van der Waals surface area contributed by atoms with Crippen LogP contribution in [0, 0.1) is 0 Å². The van der Waals surface area contributed by atoms with E-state index in [1.165, 1.54) is 0 Å². The number of anilines is 1. The number of urea groups is 1. The monoisotopic (exact) mass is 232 g/mol. The van der Waals surface area contributed by atoms with Crippen LogP contribution in [0.15, 0.2) is 18.5 Å². The first-order chi connectivity index (χ1) is 8.34. The molecule has 3 rings (SSSR count).